The van der Waals surface area contributed by atoms with Gasteiger partial charge >= 0.3 is 6.03 Å². The molecule has 0 aromatic heterocycles. The Kier molecular flexibility index (Phi) is 6.14. The average Bonchev–Trinajstić information content (AvgIpc) is 2.24. The topological polar surface area (TPSA) is 70.2 Å². The van der Waals surface area contributed by atoms with Crippen LogP contribution in [0.25, 0.3) is 0 Å². The molecule has 0 aliphatic rings. The van der Waals surface area contributed by atoms with Crippen LogP contribution in [0.1, 0.15) is 20.3 Å². The number of imide groups is 1. The lowest BCUT2D eigenvalue weighted by molar-refractivity contribution is -0.121. The van der Waals surface area contributed by atoms with Crippen LogP contribution in [0.3, 0.4) is 0 Å². The predicted octanol–water partition coefficient (Wildman–Crippen LogP) is -0.168. The van der Waals surface area contributed by atoms with Crippen LogP contribution in [0.2, 0.25) is 0 Å². The number of carbonyl (C=O) groups is 2. The third-order valence-electron chi connectivity index (χ3n) is 1.92. The maximum absolute atomic E-state index is 11.4. The Morgan fingerprint density at radius 1 is 1.47 bits per heavy atom. The van der Waals surface area contributed by atoms with E-state index in [9.17, 15) is 9.59 Å². The quantitative estimate of drug-likeness (QED) is 0.565. The Hall–Kier alpha value is -1.54. The van der Waals surface area contributed by atoms with Crippen molar-refractivity contribution in [2.45, 2.75) is 32.4 Å². The molecule has 5 heteroatoms. The van der Waals surface area contributed by atoms with E-state index in [1.54, 1.807) is 6.92 Å². The number of nitrogens with one attached hydrogen (secondary N) is 3. The lowest BCUT2D eigenvalue weighted by atomic mass is 10.2. The second-order valence-electron chi connectivity index (χ2n) is 3.08. The highest BCUT2D eigenvalue weighted by atomic mass is 16.2. The van der Waals surface area contributed by atoms with Gasteiger partial charge in [0.25, 0.3) is 0 Å². The number of hydrogen-bond donors (Lipinski definition) is 3. The summed E-state index contributed by atoms with van der Waals surface area (Å²) in [4.78, 5) is 22.2. The third-order valence-corrected chi connectivity index (χ3v) is 1.92. The highest BCUT2D eigenvalue weighted by molar-refractivity contribution is 5.96. The van der Waals surface area contributed by atoms with Crippen molar-refractivity contribution in [2.24, 2.45) is 0 Å². The molecule has 3 N–H and O–H groups in total. The first-order valence-corrected chi connectivity index (χ1v) is 4.79. The molecule has 84 valence electrons. The van der Waals surface area contributed by atoms with Gasteiger partial charge in [-0.2, -0.15) is 0 Å². The molecule has 0 spiro atoms. The first kappa shape index (κ1) is 13.5. The SMILES string of the molecule is C#CC(CC)NC(C)C(=O)NC(=O)NC. The molecule has 3 amide bonds. The number of carbonyl (C=O) groups excluding carboxylic acids is 2. The van der Waals surface area contributed by atoms with Gasteiger partial charge in [0, 0.05) is 7.05 Å². The molecule has 0 aliphatic heterocycles. The minimum absolute atomic E-state index is 0.157. The first-order chi connectivity index (χ1) is 7.04. The van der Waals surface area contributed by atoms with Gasteiger partial charge in [0.1, 0.15) is 0 Å². The molecule has 0 radical (unpaired) electrons. The van der Waals surface area contributed by atoms with Crippen molar-refractivity contribution >= 4 is 11.9 Å². The van der Waals surface area contributed by atoms with Crippen molar-refractivity contribution in [1.29, 1.82) is 0 Å². The van der Waals surface area contributed by atoms with Crippen LogP contribution in [0, 0.1) is 12.3 Å². The second kappa shape index (κ2) is 6.85. The molecule has 0 heterocycles. The average molecular weight is 211 g/mol. The summed E-state index contributed by atoms with van der Waals surface area (Å²) in [7, 11) is 1.44. The van der Waals surface area contributed by atoms with E-state index < -0.39 is 18.0 Å². The zero-order valence-electron chi connectivity index (χ0n) is 9.26. The van der Waals surface area contributed by atoms with Crippen LogP contribution >= 0.6 is 0 Å². The van der Waals surface area contributed by atoms with Crippen molar-refractivity contribution in [1.82, 2.24) is 16.0 Å². The number of urea groups is 1. The molecule has 0 saturated heterocycles. The van der Waals surface area contributed by atoms with E-state index >= 15 is 0 Å². The zero-order valence-corrected chi connectivity index (χ0v) is 9.26. The third kappa shape index (κ3) is 5.03. The summed E-state index contributed by atoms with van der Waals surface area (Å²) in [6, 6.07) is -1.18. The van der Waals surface area contributed by atoms with E-state index in [2.05, 4.69) is 21.9 Å². The van der Waals surface area contributed by atoms with Gasteiger partial charge in [0.2, 0.25) is 5.91 Å². The Morgan fingerprint density at radius 3 is 2.47 bits per heavy atom. The highest BCUT2D eigenvalue weighted by Crippen LogP contribution is 1.92. The molecule has 0 fully saturated rings. The predicted molar refractivity (Wildman–Crippen MR) is 58.1 cm³/mol. The number of hydrogen-bond acceptors (Lipinski definition) is 3. The summed E-state index contributed by atoms with van der Waals surface area (Å²) in [5.41, 5.74) is 0. The van der Waals surface area contributed by atoms with E-state index in [0.29, 0.717) is 0 Å². The number of rotatable bonds is 4. The van der Waals surface area contributed by atoms with Gasteiger partial charge in [-0.25, -0.2) is 4.79 Å². The van der Waals surface area contributed by atoms with Crippen LogP contribution in [-0.4, -0.2) is 31.1 Å². The lowest BCUT2D eigenvalue weighted by Crippen LogP contribution is -2.49. The lowest BCUT2D eigenvalue weighted by Gasteiger charge is -2.16. The molecule has 0 aromatic carbocycles. The molecule has 2 unspecified atom stereocenters. The maximum atomic E-state index is 11.4. The Balaban J connectivity index is 4.10. The van der Waals surface area contributed by atoms with Crippen LogP contribution < -0.4 is 16.0 Å². The van der Waals surface area contributed by atoms with Crippen molar-refractivity contribution in [3.63, 3.8) is 0 Å². The number of amides is 3. The summed E-state index contributed by atoms with van der Waals surface area (Å²) in [6.45, 7) is 3.57. The molecular weight excluding hydrogens is 194 g/mol. The zero-order chi connectivity index (χ0) is 11.8. The van der Waals surface area contributed by atoms with Gasteiger partial charge in [-0.1, -0.05) is 12.8 Å². The highest BCUT2D eigenvalue weighted by Gasteiger charge is 2.16. The van der Waals surface area contributed by atoms with Crippen LogP contribution in [0.4, 0.5) is 4.79 Å². The number of terminal acetylenes is 1. The Labute approximate surface area is 90.0 Å². The Morgan fingerprint density at radius 2 is 2.07 bits per heavy atom. The van der Waals surface area contributed by atoms with E-state index in [4.69, 9.17) is 6.42 Å². The standard InChI is InChI=1S/C10H17N3O2/c1-5-8(6-2)12-7(3)9(14)13-10(15)11-4/h1,7-8,12H,6H2,2-4H3,(H2,11,13,14,15). The van der Waals surface area contributed by atoms with Gasteiger partial charge in [0.15, 0.2) is 0 Å². The molecule has 0 saturated carbocycles. The van der Waals surface area contributed by atoms with E-state index in [1.165, 1.54) is 7.05 Å². The minimum Gasteiger partial charge on any atom is -0.341 e. The van der Waals surface area contributed by atoms with Gasteiger partial charge in [-0.3, -0.25) is 15.4 Å². The van der Waals surface area contributed by atoms with Crippen LogP contribution in [0.5, 0.6) is 0 Å². The van der Waals surface area contributed by atoms with Crippen molar-refractivity contribution in [3.05, 3.63) is 0 Å². The second-order valence-corrected chi connectivity index (χ2v) is 3.08. The van der Waals surface area contributed by atoms with Gasteiger partial charge < -0.3 is 5.32 Å². The molecule has 0 bridgehead atoms. The van der Waals surface area contributed by atoms with Crippen molar-refractivity contribution < 1.29 is 9.59 Å². The molecule has 15 heavy (non-hydrogen) atoms. The van der Waals surface area contributed by atoms with E-state index in [0.717, 1.165) is 6.42 Å². The van der Waals surface area contributed by atoms with Crippen molar-refractivity contribution in [3.8, 4) is 12.3 Å². The van der Waals surface area contributed by atoms with Crippen LogP contribution in [-0.2, 0) is 4.79 Å². The summed E-state index contributed by atoms with van der Waals surface area (Å²) >= 11 is 0. The summed E-state index contributed by atoms with van der Waals surface area (Å²) < 4.78 is 0. The molecule has 5 nitrogen and oxygen atoms in total. The fraction of sp³-hybridized carbons (Fsp3) is 0.600. The smallest absolute Gasteiger partial charge is 0.321 e. The summed E-state index contributed by atoms with van der Waals surface area (Å²) in [5.74, 6) is 2.11. The first-order valence-electron chi connectivity index (χ1n) is 4.79. The van der Waals surface area contributed by atoms with Crippen LogP contribution in [0.15, 0.2) is 0 Å². The van der Waals surface area contributed by atoms with Gasteiger partial charge in [-0.05, 0) is 13.3 Å². The van der Waals surface area contributed by atoms with Crippen molar-refractivity contribution in [2.75, 3.05) is 7.05 Å². The summed E-state index contributed by atoms with van der Waals surface area (Å²) in [5, 5.41) is 7.37. The minimum atomic E-state index is -0.526. The van der Waals surface area contributed by atoms with E-state index in [-0.39, 0.29) is 6.04 Å². The molecular formula is C10H17N3O2. The Bertz CT molecular complexity index is 270. The maximum Gasteiger partial charge on any atom is 0.321 e. The monoisotopic (exact) mass is 211 g/mol. The van der Waals surface area contributed by atoms with Gasteiger partial charge in [0.05, 0.1) is 12.1 Å². The van der Waals surface area contributed by atoms with E-state index in [1.807, 2.05) is 6.92 Å². The van der Waals surface area contributed by atoms with Gasteiger partial charge in [-0.15, -0.1) is 6.42 Å². The molecule has 2 atom stereocenters. The molecule has 0 aliphatic carbocycles. The fourth-order valence-electron chi connectivity index (χ4n) is 0.944. The fourth-order valence-corrected chi connectivity index (χ4v) is 0.944. The largest absolute Gasteiger partial charge is 0.341 e. The summed E-state index contributed by atoms with van der Waals surface area (Å²) in [6.07, 6.45) is 5.97. The normalized spacial score (nSPS) is 13.5. The molecule has 0 rings (SSSR count). The molecule has 0 aromatic rings.